The Balaban J connectivity index is 2.98. The van der Waals surface area contributed by atoms with Gasteiger partial charge in [0.2, 0.25) is 0 Å². The van der Waals surface area contributed by atoms with Crippen LogP contribution in [0.2, 0.25) is 0 Å². The smallest absolute Gasteiger partial charge is 0.167 e. The van der Waals surface area contributed by atoms with Gasteiger partial charge in [0.1, 0.15) is 0 Å². The van der Waals surface area contributed by atoms with Crippen LogP contribution < -0.4 is 5.14 Å². The average Bonchev–Trinajstić information content (AvgIpc) is 2.06. The monoisotopic (exact) mass is 182 g/mol. The molecule has 0 aliphatic heterocycles. The van der Waals surface area contributed by atoms with Crippen LogP contribution in [0.5, 0.6) is 0 Å². The summed E-state index contributed by atoms with van der Waals surface area (Å²) in [5.41, 5.74) is 0.894. The summed E-state index contributed by atoms with van der Waals surface area (Å²) < 4.78 is 10.4. The van der Waals surface area contributed by atoms with Crippen LogP contribution in [0.25, 0.3) is 0 Å². The number of nitrogens with two attached hydrogens (primary N) is 1. The first kappa shape index (κ1) is 9.58. The second-order valence-electron chi connectivity index (χ2n) is 2.89. The van der Waals surface area contributed by atoms with Gasteiger partial charge in [-0.1, -0.05) is 30.3 Å². The fraction of sp³-hybridized carbons (Fsp3) is 0.222. The zero-order valence-corrected chi connectivity index (χ0v) is 7.80. The molecule has 1 radical (unpaired) electrons. The van der Waals surface area contributed by atoms with E-state index in [1.807, 2.05) is 30.3 Å². The van der Waals surface area contributed by atoms with Crippen molar-refractivity contribution in [2.45, 2.75) is 11.7 Å². The summed E-state index contributed by atoms with van der Waals surface area (Å²) in [5, 5.41) is 5.31. The molecular formula is C9H12NOS. The van der Waals surface area contributed by atoms with Crippen LogP contribution in [0.4, 0.5) is 0 Å². The first-order valence-electron chi connectivity index (χ1n) is 3.62. The Morgan fingerprint density at radius 2 is 1.92 bits per heavy atom. The van der Waals surface area contributed by atoms with E-state index in [9.17, 15) is 4.55 Å². The number of hydrogen-bond acceptors (Lipinski definition) is 2. The molecule has 0 aromatic heterocycles. The lowest BCUT2D eigenvalue weighted by Crippen LogP contribution is -2.35. The predicted octanol–water partition coefficient (Wildman–Crippen LogP) is 1.36. The molecule has 1 aromatic rings. The molecule has 2 N–H and O–H groups in total. The second-order valence-corrected chi connectivity index (χ2v) is 4.39. The summed E-state index contributed by atoms with van der Waals surface area (Å²) in [6, 6.07) is 9.41. The lowest BCUT2D eigenvalue weighted by Gasteiger charge is -2.24. The van der Waals surface area contributed by atoms with Crippen molar-refractivity contribution in [3.05, 3.63) is 42.8 Å². The molecule has 0 aliphatic carbocycles. The predicted molar refractivity (Wildman–Crippen MR) is 51.5 cm³/mol. The Bertz CT molecular complexity index is 246. The van der Waals surface area contributed by atoms with E-state index in [-0.39, 0.29) is 0 Å². The Morgan fingerprint density at radius 3 is 2.33 bits per heavy atom. The standard InChI is InChI=1S/C9H12NOS/c1-9(2,12(10)11)8-6-4-3-5-7-8/h3-7H,1,10H2,2H3/t9-,12?/m0/s1. The minimum atomic E-state index is -1.44. The normalized spacial score (nSPS) is 14.3. The molecule has 2 atom stereocenters. The van der Waals surface area contributed by atoms with Crippen LogP contribution in [-0.2, 0) is 16.1 Å². The SMILES string of the molecule is [CH2][C@](C)(c1ccccc1)[S+](N)[O-]. The topological polar surface area (TPSA) is 49.1 Å². The van der Waals surface area contributed by atoms with Gasteiger partial charge in [-0.3, -0.25) is 0 Å². The second kappa shape index (κ2) is 3.47. The van der Waals surface area contributed by atoms with Crippen LogP contribution in [0, 0.1) is 6.92 Å². The van der Waals surface area contributed by atoms with Crippen LogP contribution in [0.3, 0.4) is 0 Å². The van der Waals surface area contributed by atoms with E-state index in [2.05, 4.69) is 6.92 Å². The Labute approximate surface area is 76.1 Å². The molecule has 0 heterocycles. The van der Waals surface area contributed by atoms with E-state index in [1.165, 1.54) is 0 Å². The molecule has 3 heteroatoms. The van der Waals surface area contributed by atoms with E-state index in [0.717, 1.165) is 5.56 Å². The van der Waals surface area contributed by atoms with Gasteiger partial charge in [-0.15, -0.1) is 0 Å². The highest BCUT2D eigenvalue weighted by molar-refractivity contribution is 7.90. The number of hydrogen-bond donors (Lipinski definition) is 1. The van der Waals surface area contributed by atoms with Gasteiger partial charge in [-0.2, -0.15) is 5.14 Å². The van der Waals surface area contributed by atoms with Crippen molar-refractivity contribution in [1.29, 1.82) is 0 Å². The van der Waals surface area contributed by atoms with E-state index < -0.39 is 16.1 Å². The molecule has 0 saturated heterocycles. The van der Waals surface area contributed by atoms with Gasteiger partial charge < -0.3 is 4.55 Å². The summed E-state index contributed by atoms with van der Waals surface area (Å²) in [4.78, 5) is 0. The lowest BCUT2D eigenvalue weighted by molar-refractivity contribution is 0.569. The van der Waals surface area contributed by atoms with Gasteiger partial charge in [-0.05, 0) is 6.92 Å². The molecular weight excluding hydrogens is 170 g/mol. The molecule has 1 aromatic carbocycles. The van der Waals surface area contributed by atoms with Crippen molar-refractivity contribution in [2.24, 2.45) is 5.14 Å². The summed E-state index contributed by atoms with van der Waals surface area (Å²) in [7, 11) is 0. The minimum absolute atomic E-state index is 0.707. The van der Waals surface area contributed by atoms with Crippen molar-refractivity contribution in [1.82, 2.24) is 0 Å². The highest BCUT2D eigenvalue weighted by Crippen LogP contribution is 2.26. The van der Waals surface area contributed by atoms with Gasteiger partial charge in [0.05, 0.1) is 0 Å². The largest absolute Gasteiger partial charge is 0.598 e. The number of rotatable bonds is 2. The van der Waals surface area contributed by atoms with Gasteiger partial charge >= 0.3 is 0 Å². The highest BCUT2D eigenvalue weighted by atomic mass is 32.2. The molecule has 0 fully saturated rings. The number of benzene rings is 1. The summed E-state index contributed by atoms with van der Waals surface area (Å²) >= 11 is -1.44. The first-order chi connectivity index (χ1) is 5.55. The molecule has 12 heavy (non-hydrogen) atoms. The lowest BCUT2D eigenvalue weighted by atomic mass is 10.0. The van der Waals surface area contributed by atoms with Crippen molar-refractivity contribution in [3.63, 3.8) is 0 Å². The molecule has 65 valence electrons. The molecule has 1 unspecified atom stereocenters. The zero-order valence-electron chi connectivity index (χ0n) is 6.99. The average molecular weight is 182 g/mol. The third-order valence-electron chi connectivity index (χ3n) is 1.83. The van der Waals surface area contributed by atoms with E-state index in [0.29, 0.717) is 0 Å². The van der Waals surface area contributed by atoms with Gasteiger partial charge in [0.25, 0.3) is 0 Å². The van der Waals surface area contributed by atoms with Gasteiger partial charge in [0, 0.05) is 23.8 Å². The Hall–Kier alpha value is -0.510. The fourth-order valence-electron chi connectivity index (χ4n) is 0.907. The summed E-state index contributed by atoms with van der Waals surface area (Å²) in [5.74, 6) is 0. The van der Waals surface area contributed by atoms with Crippen LogP contribution in [0.1, 0.15) is 12.5 Å². The Morgan fingerprint density at radius 1 is 1.42 bits per heavy atom. The van der Waals surface area contributed by atoms with E-state index in [4.69, 9.17) is 5.14 Å². The van der Waals surface area contributed by atoms with Crippen LogP contribution >= 0.6 is 0 Å². The molecule has 0 amide bonds. The molecule has 0 spiro atoms. The van der Waals surface area contributed by atoms with Crippen molar-refractivity contribution in [2.75, 3.05) is 0 Å². The van der Waals surface area contributed by atoms with Crippen molar-refractivity contribution < 1.29 is 4.55 Å². The third kappa shape index (κ3) is 1.80. The zero-order chi connectivity index (χ0) is 9.19. The van der Waals surface area contributed by atoms with Crippen LogP contribution in [0.15, 0.2) is 30.3 Å². The molecule has 2 nitrogen and oxygen atoms in total. The van der Waals surface area contributed by atoms with Gasteiger partial charge in [-0.25, -0.2) is 0 Å². The maximum absolute atomic E-state index is 11.1. The Kier molecular flexibility index (Phi) is 2.77. The maximum Gasteiger partial charge on any atom is 0.167 e. The highest BCUT2D eigenvalue weighted by Gasteiger charge is 2.31. The molecule has 0 saturated carbocycles. The maximum atomic E-state index is 11.1. The first-order valence-corrected chi connectivity index (χ1v) is 4.83. The third-order valence-corrected chi connectivity index (χ3v) is 2.95. The van der Waals surface area contributed by atoms with Crippen LogP contribution in [-0.4, -0.2) is 4.55 Å². The van der Waals surface area contributed by atoms with E-state index in [1.54, 1.807) is 6.92 Å². The fourth-order valence-corrected chi connectivity index (χ4v) is 1.28. The summed E-state index contributed by atoms with van der Waals surface area (Å²) in [6.07, 6.45) is 0. The molecule has 0 bridgehead atoms. The molecule has 0 aliphatic rings. The molecule has 1 rings (SSSR count). The minimum Gasteiger partial charge on any atom is -0.598 e. The van der Waals surface area contributed by atoms with Crippen molar-refractivity contribution in [3.8, 4) is 0 Å². The summed E-state index contributed by atoms with van der Waals surface area (Å²) in [6.45, 7) is 5.58. The quantitative estimate of drug-likeness (QED) is 0.702. The van der Waals surface area contributed by atoms with Crippen molar-refractivity contribution >= 4 is 11.4 Å². The van der Waals surface area contributed by atoms with E-state index >= 15 is 0 Å². The van der Waals surface area contributed by atoms with Gasteiger partial charge in [0.15, 0.2) is 4.75 Å².